The monoisotopic (exact) mass is 449 g/mol. The maximum absolute atomic E-state index is 13.3. The maximum atomic E-state index is 13.3. The first kappa shape index (κ1) is 22.4. The van der Waals surface area contributed by atoms with Crippen molar-refractivity contribution in [1.82, 2.24) is 24.9 Å². The van der Waals surface area contributed by atoms with Crippen LogP contribution in [-0.4, -0.2) is 56.5 Å². The van der Waals surface area contributed by atoms with Gasteiger partial charge in [0.05, 0.1) is 18.5 Å². The number of hydrogen-bond acceptors (Lipinski definition) is 7. The fourth-order valence-electron chi connectivity index (χ4n) is 3.83. The Morgan fingerprint density at radius 3 is 2.45 bits per heavy atom. The molecule has 172 valence electrons. The Labute approximate surface area is 192 Å². The van der Waals surface area contributed by atoms with Crippen LogP contribution >= 0.6 is 0 Å². The second-order valence-electron chi connectivity index (χ2n) is 7.80. The van der Waals surface area contributed by atoms with E-state index in [1.165, 1.54) is 10.9 Å². The summed E-state index contributed by atoms with van der Waals surface area (Å²) >= 11 is 0. The van der Waals surface area contributed by atoms with Crippen LogP contribution in [-0.2, 0) is 9.53 Å². The zero-order valence-electron chi connectivity index (χ0n) is 18.8. The highest BCUT2D eigenvalue weighted by atomic mass is 16.5. The molecule has 1 saturated heterocycles. The summed E-state index contributed by atoms with van der Waals surface area (Å²) in [5.41, 5.74) is 1.44. The van der Waals surface area contributed by atoms with Gasteiger partial charge in [-0.1, -0.05) is 30.3 Å². The lowest BCUT2D eigenvalue weighted by molar-refractivity contribution is -0.142. The molecule has 1 atom stereocenters. The fourth-order valence-corrected chi connectivity index (χ4v) is 3.83. The van der Waals surface area contributed by atoms with Gasteiger partial charge in [0.25, 0.3) is 5.91 Å². The van der Waals surface area contributed by atoms with Crippen molar-refractivity contribution in [1.29, 1.82) is 0 Å². The third-order valence-electron chi connectivity index (χ3n) is 5.58. The number of piperidine rings is 1. The SMILES string of the molecule is CCOc1ccc(-n2ncc(C(=O)O[C@@H](C(=O)N3CCCCC3)c3ccccc3)c2C)nn1. The second-order valence-corrected chi connectivity index (χ2v) is 7.80. The average molecular weight is 450 g/mol. The minimum atomic E-state index is -1.01. The number of esters is 1. The Morgan fingerprint density at radius 1 is 1.03 bits per heavy atom. The van der Waals surface area contributed by atoms with Gasteiger partial charge in [0, 0.05) is 24.7 Å². The largest absolute Gasteiger partial charge is 0.477 e. The molecule has 1 aromatic carbocycles. The Bertz CT molecular complexity index is 1090. The first-order chi connectivity index (χ1) is 16.1. The first-order valence-corrected chi connectivity index (χ1v) is 11.1. The van der Waals surface area contributed by atoms with Crippen LogP contribution in [0.1, 0.15) is 53.9 Å². The van der Waals surface area contributed by atoms with Crippen LogP contribution in [0.3, 0.4) is 0 Å². The van der Waals surface area contributed by atoms with Crippen molar-refractivity contribution in [2.45, 2.75) is 39.2 Å². The van der Waals surface area contributed by atoms with E-state index in [4.69, 9.17) is 9.47 Å². The van der Waals surface area contributed by atoms with Crippen LogP contribution in [0.15, 0.2) is 48.7 Å². The molecule has 0 N–H and O–H groups in total. The molecule has 33 heavy (non-hydrogen) atoms. The number of amides is 1. The first-order valence-electron chi connectivity index (χ1n) is 11.1. The topological polar surface area (TPSA) is 99.4 Å². The Kier molecular flexibility index (Phi) is 6.97. The summed E-state index contributed by atoms with van der Waals surface area (Å²) in [7, 11) is 0. The predicted molar refractivity (Wildman–Crippen MR) is 120 cm³/mol. The number of ether oxygens (including phenoxy) is 2. The quantitative estimate of drug-likeness (QED) is 0.510. The van der Waals surface area contributed by atoms with Gasteiger partial charge < -0.3 is 14.4 Å². The van der Waals surface area contributed by atoms with Crippen LogP contribution < -0.4 is 4.74 Å². The number of hydrogen-bond donors (Lipinski definition) is 0. The molecule has 0 radical (unpaired) electrons. The molecule has 2 aromatic heterocycles. The molecule has 1 amide bonds. The van der Waals surface area contributed by atoms with E-state index in [2.05, 4.69) is 15.3 Å². The Balaban J connectivity index is 1.56. The summed E-state index contributed by atoms with van der Waals surface area (Å²) in [6, 6.07) is 12.5. The van der Waals surface area contributed by atoms with Crippen molar-refractivity contribution in [3.8, 4) is 11.7 Å². The summed E-state index contributed by atoms with van der Waals surface area (Å²) in [5, 5.41) is 12.4. The molecular formula is C24H27N5O4. The third-order valence-corrected chi connectivity index (χ3v) is 5.58. The minimum Gasteiger partial charge on any atom is -0.477 e. The molecule has 9 heteroatoms. The van der Waals surface area contributed by atoms with Gasteiger partial charge in [-0.25, -0.2) is 9.48 Å². The average Bonchev–Trinajstić information content (AvgIpc) is 3.25. The van der Waals surface area contributed by atoms with Gasteiger partial charge in [-0.15, -0.1) is 10.2 Å². The van der Waals surface area contributed by atoms with Crippen LogP contribution in [0.5, 0.6) is 5.88 Å². The lowest BCUT2D eigenvalue weighted by Crippen LogP contribution is -2.40. The summed E-state index contributed by atoms with van der Waals surface area (Å²) in [6.45, 7) is 5.44. The summed E-state index contributed by atoms with van der Waals surface area (Å²) in [5.74, 6) is 0.0418. The number of carbonyl (C=O) groups excluding carboxylic acids is 2. The van der Waals surface area contributed by atoms with Crippen LogP contribution in [0.25, 0.3) is 5.82 Å². The molecule has 3 aromatic rings. The molecule has 0 saturated carbocycles. The zero-order chi connectivity index (χ0) is 23.2. The van der Waals surface area contributed by atoms with E-state index in [-0.39, 0.29) is 11.5 Å². The Hall–Kier alpha value is -3.75. The molecule has 1 aliphatic rings. The molecule has 0 unspecified atom stereocenters. The number of rotatable bonds is 7. The standard InChI is InChI=1S/C24H27N5O4/c1-3-32-21-13-12-20(26-27-21)29-17(2)19(16-25-29)24(31)33-22(18-10-6-4-7-11-18)23(30)28-14-8-5-9-15-28/h4,6-7,10-13,16,22H,3,5,8-9,14-15H2,1-2H3/t22-/m1/s1. The van der Waals surface area contributed by atoms with E-state index in [1.807, 2.05) is 25.1 Å². The van der Waals surface area contributed by atoms with Crippen molar-refractivity contribution in [3.63, 3.8) is 0 Å². The summed E-state index contributed by atoms with van der Waals surface area (Å²) in [6.07, 6.45) is 3.42. The van der Waals surface area contributed by atoms with E-state index in [1.54, 1.807) is 36.1 Å². The van der Waals surface area contributed by atoms with Gasteiger partial charge in [0.1, 0.15) is 5.56 Å². The highest BCUT2D eigenvalue weighted by Crippen LogP contribution is 2.25. The van der Waals surface area contributed by atoms with Crippen LogP contribution in [0, 0.1) is 6.92 Å². The number of nitrogens with zero attached hydrogens (tertiary/aromatic N) is 5. The van der Waals surface area contributed by atoms with Gasteiger partial charge in [-0.3, -0.25) is 4.79 Å². The van der Waals surface area contributed by atoms with Gasteiger partial charge >= 0.3 is 5.97 Å². The van der Waals surface area contributed by atoms with E-state index < -0.39 is 12.1 Å². The van der Waals surface area contributed by atoms with Gasteiger partial charge in [-0.2, -0.15) is 5.10 Å². The fraction of sp³-hybridized carbons (Fsp3) is 0.375. The van der Waals surface area contributed by atoms with E-state index in [9.17, 15) is 9.59 Å². The number of likely N-dealkylation sites (tertiary alicyclic amines) is 1. The molecule has 0 aliphatic carbocycles. The number of aromatic nitrogens is 4. The molecule has 9 nitrogen and oxygen atoms in total. The van der Waals surface area contributed by atoms with Gasteiger partial charge in [0.2, 0.25) is 12.0 Å². The molecular weight excluding hydrogens is 422 g/mol. The van der Waals surface area contributed by atoms with Crippen LogP contribution in [0.2, 0.25) is 0 Å². The van der Waals surface area contributed by atoms with Crippen molar-refractivity contribution in [2.24, 2.45) is 0 Å². The lowest BCUT2D eigenvalue weighted by atomic mass is 10.1. The minimum absolute atomic E-state index is 0.198. The van der Waals surface area contributed by atoms with Gasteiger partial charge in [0.15, 0.2) is 5.82 Å². The summed E-state index contributed by atoms with van der Waals surface area (Å²) in [4.78, 5) is 28.2. The van der Waals surface area contributed by atoms with Crippen molar-refractivity contribution >= 4 is 11.9 Å². The maximum Gasteiger partial charge on any atom is 0.342 e. The summed E-state index contributed by atoms with van der Waals surface area (Å²) < 4.78 is 12.6. The number of carbonyl (C=O) groups is 2. The van der Waals surface area contributed by atoms with Crippen molar-refractivity contribution in [2.75, 3.05) is 19.7 Å². The van der Waals surface area contributed by atoms with E-state index in [0.717, 1.165) is 19.3 Å². The molecule has 1 aliphatic heterocycles. The van der Waals surface area contributed by atoms with E-state index >= 15 is 0 Å². The highest BCUT2D eigenvalue weighted by Gasteiger charge is 2.31. The normalized spacial score (nSPS) is 14.5. The predicted octanol–water partition coefficient (Wildman–Crippen LogP) is 3.28. The molecule has 1 fully saturated rings. The lowest BCUT2D eigenvalue weighted by Gasteiger charge is -2.30. The Morgan fingerprint density at radius 2 is 1.79 bits per heavy atom. The highest BCUT2D eigenvalue weighted by molar-refractivity contribution is 5.93. The van der Waals surface area contributed by atoms with Crippen molar-refractivity contribution in [3.05, 3.63) is 65.5 Å². The zero-order valence-corrected chi connectivity index (χ0v) is 18.8. The van der Waals surface area contributed by atoms with Crippen LogP contribution in [0.4, 0.5) is 0 Å². The third kappa shape index (κ3) is 5.02. The second kappa shape index (κ2) is 10.2. The molecule has 4 rings (SSSR count). The smallest absolute Gasteiger partial charge is 0.342 e. The number of benzene rings is 1. The van der Waals surface area contributed by atoms with Crippen molar-refractivity contribution < 1.29 is 19.1 Å². The van der Waals surface area contributed by atoms with Gasteiger partial charge in [-0.05, 0) is 39.2 Å². The molecule has 3 heterocycles. The molecule has 0 bridgehead atoms. The molecule has 0 spiro atoms. The van der Waals surface area contributed by atoms with E-state index in [0.29, 0.717) is 42.7 Å².